The summed E-state index contributed by atoms with van der Waals surface area (Å²) in [4.78, 5) is 0. The van der Waals surface area contributed by atoms with Gasteiger partial charge in [-0.3, -0.25) is 0 Å². The molecule has 0 aliphatic rings. The summed E-state index contributed by atoms with van der Waals surface area (Å²) < 4.78 is 0. The van der Waals surface area contributed by atoms with Crippen LogP contribution in [0.3, 0.4) is 0 Å². The van der Waals surface area contributed by atoms with Crippen LogP contribution >= 0.6 is 0 Å². The van der Waals surface area contributed by atoms with E-state index < -0.39 is 5.54 Å². The number of nitrogens with zero attached hydrogens (tertiary/aromatic N) is 3. The SMILES string of the molecule is CC(=NO)C(C)(C)NCCN(C)NC(C)(C)C(C)=NO. The molecule has 0 aliphatic carbocycles. The van der Waals surface area contributed by atoms with Crippen LogP contribution in [0.5, 0.6) is 0 Å². The van der Waals surface area contributed by atoms with Gasteiger partial charge in [0.2, 0.25) is 0 Å². The van der Waals surface area contributed by atoms with Gasteiger partial charge in [-0.15, -0.1) is 0 Å². The lowest BCUT2D eigenvalue weighted by Gasteiger charge is -2.32. The van der Waals surface area contributed by atoms with Gasteiger partial charge < -0.3 is 15.7 Å². The fourth-order valence-electron chi connectivity index (χ4n) is 1.53. The van der Waals surface area contributed by atoms with Gasteiger partial charge in [0.25, 0.3) is 0 Å². The van der Waals surface area contributed by atoms with E-state index in [1.54, 1.807) is 13.8 Å². The molecule has 0 spiro atoms. The molecule has 0 aromatic heterocycles. The molecule has 0 unspecified atom stereocenters. The Morgan fingerprint density at radius 1 is 1.00 bits per heavy atom. The molecule has 0 fully saturated rings. The number of hydrazine groups is 1. The molecular formula is C13H29N5O2. The van der Waals surface area contributed by atoms with Crippen LogP contribution in [0.1, 0.15) is 41.5 Å². The summed E-state index contributed by atoms with van der Waals surface area (Å²) in [6.45, 7) is 12.8. The van der Waals surface area contributed by atoms with E-state index in [4.69, 9.17) is 10.4 Å². The van der Waals surface area contributed by atoms with Crippen LogP contribution in [0.25, 0.3) is 0 Å². The van der Waals surface area contributed by atoms with Crippen molar-refractivity contribution in [2.75, 3.05) is 20.1 Å². The van der Waals surface area contributed by atoms with Crippen molar-refractivity contribution >= 4 is 11.4 Å². The van der Waals surface area contributed by atoms with E-state index >= 15 is 0 Å². The average molecular weight is 287 g/mol. The molecule has 0 heterocycles. The van der Waals surface area contributed by atoms with Crippen LogP contribution in [-0.2, 0) is 0 Å². The molecular weight excluding hydrogens is 258 g/mol. The Morgan fingerprint density at radius 3 is 1.90 bits per heavy atom. The first-order valence-corrected chi connectivity index (χ1v) is 6.69. The molecule has 0 radical (unpaired) electrons. The highest BCUT2D eigenvalue weighted by Gasteiger charge is 2.24. The first-order valence-electron chi connectivity index (χ1n) is 6.69. The van der Waals surface area contributed by atoms with Crippen molar-refractivity contribution < 1.29 is 10.4 Å². The average Bonchev–Trinajstić information content (AvgIpc) is 2.35. The molecule has 0 aromatic carbocycles. The summed E-state index contributed by atoms with van der Waals surface area (Å²) in [6, 6.07) is 0. The van der Waals surface area contributed by atoms with E-state index in [0.29, 0.717) is 11.4 Å². The molecule has 0 bridgehead atoms. The monoisotopic (exact) mass is 287 g/mol. The lowest BCUT2D eigenvalue weighted by Crippen LogP contribution is -2.56. The summed E-state index contributed by atoms with van der Waals surface area (Å²) in [6.07, 6.45) is 0. The molecule has 7 heteroatoms. The topological polar surface area (TPSA) is 92.5 Å². The summed E-state index contributed by atoms with van der Waals surface area (Å²) in [5.74, 6) is 0. The summed E-state index contributed by atoms with van der Waals surface area (Å²) in [7, 11) is 1.92. The van der Waals surface area contributed by atoms with Crippen molar-refractivity contribution in [3.05, 3.63) is 0 Å². The van der Waals surface area contributed by atoms with E-state index in [-0.39, 0.29) is 5.54 Å². The normalized spacial score (nSPS) is 15.0. The third kappa shape index (κ3) is 5.85. The molecule has 0 saturated carbocycles. The van der Waals surface area contributed by atoms with Gasteiger partial charge in [0.05, 0.1) is 22.5 Å². The maximum Gasteiger partial charge on any atom is 0.0747 e. The number of hydrogen-bond donors (Lipinski definition) is 4. The Bertz CT molecular complexity index is 364. The summed E-state index contributed by atoms with van der Waals surface area (Å²) in [5.41, 5.74) is 3.74. The first kappa shape index (κ1) is 18.8. The van der Waals surface area contributed by atoms with Crippen LogP contribution in [0.15, 0.2) is 10.3 Å². The van der Waals surface area contributed by atoms with Crippen LogP contribution in [-0.4, -0.2) is 58.1 Å². The van der Waals surface area contributed by atoms with Crippen LogP contribution < -0.4 is 10.7 Å². The van der Waals surface area contributed by atoms with E-state index in [9.17, 15) is 0 Å². The number of likely N-dealkylation sites (N-methyl/N-ethyl adjacent to an activating group) is 1. The predicted octanol–water partition coefficient (Wildman–Crippen LogP) is 1.27. The zero-order valence-electron chi connectivity index (χ0n) is 13.7. The second-order valence-corrected chi connectivity index (χ2v) is 6.08. The van der Waals surface area contributed by atoms with Crippen molar-refractivity contribution in [1.82, 2.24) is 15.8 Å². The van der Waals surface area contributed by atoms with Crippen LogP contribution in [0.2, 0.25) is 0 Å². The predicted molar refractivity (Wildman–Crippen MR) is 81.7 cm³/mol. The van der Waals surface area contributed by atoms with Crippen molar-refractivity contribution in [3.63, 3.8) is 0 Å². The Balaban J connectivity index is 4.29. The molecule has 0 saturated heterocycles. The molecule has 0 aliphatic heterocycles. The van der Waals surface area contributed by atoms with Gasteiger partial charge in [0.15, 0.2) is 0 Å². The van der Waals surface area contributed by atoms with Crippen molar-refractivity contribution in [1.29, 1.82) is 0 Å². The zero-order chi connectivity index (χ0) is 16.0. The van der Waals surface area contributed by atoms with Gasteiger partial charge in [-0.1, -0.05) is 10.3 Å². The molecule has 20 heavy (non-hydrogen) atoms. The molecule has 118 valence electrons. The molecule has 4 N–H and O–H groups in total. The van der Waals surface area contributed by atoms with Gasteiger partial charge in [-0.05, 0) is 41.5 Å². The summed E-state index contributed by atoms with van der Waals surface area (Å²) >= 11 is 0. The van der Waals surface area contributed by atoms with Crippen molar-refractivity contribution in [2.45, 2.75) is 52.6 Å². The third-order valence-electron chi connectivity index (χ3n) is 3.59. The highest BCUT2D eigenvalue weighted by atomic mass is 16.4. The third-order valence-corrected chi connectivity index (χ3v) is 3.59. The quantitative estimate of drug-likeness (QED) is 0.306. The minimum Gasteiger partial charge on any atom is -0.411 e. The molecule has 0 atom stereocenters. The van der Waals surface area contributed by atoms with E-state index in [0.717, 1.165) is 13.1 Å². The van der Waals surface area contributed by atoms with Gasteiger partial charge in [0.1, 0.15) is 0 Å². The number of rotatable bonds is 8. The minimum absolute atomic E-state index is 0.354. The maximum absolute atomic E-state index is 8.83. The minimum atomic E-state index is -0.415. The lowest BCUT2D eigenvalue weighted by atomic mass is 10.00. The largest absolute Gasteiger partial charge is 0.411 e. The Hall–Kier alpha value is -1.18. The Morgan fingerprint density at radius 2 is 1.45 bits per heavy atom. The lowest BCUT2D eigenvalue weighted by molar-refractivity contribution is 0.180. The molecule has 0 rings (SSSR count). The molecule has 7 nitrogen and oxygen atoms in total. The van der Waals surface area contributed by atoms with Gasteiger partial charge in [-0.2, -0.15) is 0 Å². The van der Waals surface area contributed by atoms with Gasteiger partial charge in [-0.25, -0.2) is 10.4 Å². The summed E-state index contributed by atoms with van der Waals surface area (Å²) in [5, 5.41) is 29.4. The smallest absolute Gasteiger partial charge is 0.0747 e. The molecule has 0 aromatic rings. The number of nitrogens with one attached hydrogen (secondary N) is 2. The highest BCUT2D eigenvalue weighted by molar-refractivity contribution is 5.90. The second kappa shape index (κ2) is 7.56. The second-order valence-electron chi connectivity index (χ2n) is 6.08. The fourth-order valence-corrected chi connectivity index (χ4v) is 1.53. The Labute approximate surface area is 121 Å². The van der Waals surface area contributed by atoms with Crippen LogP contribution in [0.4, 0.5) is 0 Å². The first-order chi connectivity index (χ1) is 9.06. The fraction of sp³-hybridized carbons (Fsp3) is 0.846. The van der Waals surface area contributed by atoms with Crippen LogP contribution in [0, 0.1) is 0 Å². The van der Waals surface area contributed by atoms with Gasteiger partial charge >= 0.3 is 0 Å². The molecule has 0 amide bonds. The Kier molecular flexibility index (Phi) is 7.12. The number of hydrogen-bond acceptors (Lipinski definition) is 7. The maximum atomic E-state index is 8.83. The highest BCUT2D eigenvalue weighted by Crippen LogP contribution is 2.06. The van der Waals surface area contributed by atoms with E-state index in [2.05, 4.69) is 21.1 Å². The van der Waals surface area contributed by atoms with E-state index in [1.807, 2.05) is 39.8 Å². The number of oxime groups is 2. The van der Waals surface area contributed by atoms with E-state index in [1.165, 1.54) is 0 Å². The van der Waals surface area contributed by atoms with Crippen molar-refractivity contribution in [3.8, 4) is 0 Å². The standard InChI is InChI=1S/C13H29N5O2/c1-10(15-19)12(3,4)14-8-9-18(7)17-13(5,6)11(2)16-20/h14,17,19-20H,8-9H2,1-7H3. The van der Waals surface area contributed by atoms with Crippen molar-refractivity contribution in [2.24, 2.45) is 10.3 Å². The van der Waals surface area contributed by atoms with Gasteiger partial charge in [0, 0.05) is 20.1 Å². The zero-order valence-corrected chi connectivity index (χ0v) is 13.7.